The maximum Gasteiger partial charge on any atom is 0.247 e. The van der Waals surface area contributed by atoms with Crippen molar-refractivity contribution in [3.63, 3.8) is 0 Å². The van der Waals surface area contributed by atoms with Gasteiger partial charge in [0.1, 0.15) is 18.1 Å². The number of nitrogens with one attached hydrogen (secondary N) is 1. The van der Waals surface area contributed by atoms with Crippen LogP contribution in [0.25, 0.3) is 11.0 Å². The van der Waals surface area contributed by atoms with Crippen LogP contribution in [0.15, 0.2) is 48.5 Å². The SMILES string of the molecule is Cc1ccc([C@@H](C(=O)NCCC(C)C)N(C(=O)Cn2nnc3ccccc32)C2CCCC2)cc1. The largest absolute Gasteiger partial charge is 0.354 e. The number of aryl methyl sites for hydroxylation is 1. The fourth-order valence-corrected chi connectivity index (χ4v) is 4.75. The molecule has 0 saturated heterocycles. The molecule has 3 aromatic rings. The van der Waals surface area contributed by atoms with E-state index in [1.54, 1.807) is 4.68 Å². The Kier molecular flexibility index (Phi) is 7.60. The number of hydrogen-bond acceptors (Lipinski definition) is 4. The van der Waals surface area contributed by atoms with Crippen LogP contribution in [0.3, 0.4) is 0 Å². The summed E-state index contributed by atoms with van der Waals surface area (Å²) in [5.74, 6) is 0.270. The van der Waals surface area contributed by atoms with Gasteiger partial charge in [0.15, 0.2) is 0 Å². The number of amides is 2. The average molecular weight is 462 g/mol. The molecular formula is C27H35N5O2. The molecule has 1 heterocycles. The van der Waals surface area contributed by atoms with E-state index in [0.29, 0.717) is 12.5 Å². The molecule has 0 bridgehead atoms. The second-order valence-corrected chi connectivity index (χ2v) is 9.76. The Morgan fingerprint density at radius 3 is 2.50 bits per heavy atom. The van der Waals surface area contributed by atoms with Gasteiger partial charge in [-0.05, 0) is 49.8 Å². The van der Waals surface area contributed by atoms with Crippen LogP contribution in [-0.4, -0.2) is 44.3 Å². The molecular weight excluding hydrogens is 426 g/mol. The molecule has 1 aliphatic carbocycles. The number of aromatic nitrogens is 3. The van der Waals surface area contributed by atoms with Gasteiger partial charge in [-0.2, -0.15) is 0 Å². The third kappa shape index (κ3) is 5.46. The number of nitrogens with zero attached hydrogens (tertiary/aromatic N) is 4. The first-order valence-electron chi connectivity index (χ1n) is 12.4. The van der Waals surface area contributed by atoms with Gasteiger partial charge in [-0.25, -0.2) is 4.68 Å². The van der Waals surface area contributed by atoms with Crippen LogP contribution in [-0.2, 0) is 16.1 Å². The zero-order valence-electron chi connectivity index (χ0n) is 20.4. The standard InChI is InChI=1S/C27H35N5O2/c1-19(2)16-17-28-27(34)26(21-14-12-20(3)13-15-21)32(22-8-4-5-9-22)25(33)18-31-24-11-7-6-10-23(24)29-30-31/h6-7,10-15,19,22,26H,4-5,8-9,16-18H2,1-3H3,(H,28,34)/t26-/m0/s1. The van der Waals surface area contributed by atoms with Gasteiger partial charge < -0.3 is 10.2 Å². The van der Waals surface area contributed by atoms with Crippen LogP contribution in [0.5, 0.6) is 0 Å². The molecule has 0 radical (unpaired) electrons. The van der Waals surface area contributed by atoms with Gasteiger partial charge in [0, 0.05) is 12.6 Å². The lowest BCUT2D eigenvalue weighted by Gasteiger charge is -2.36. The van der Waals surface area contributed by atoms with E-state index < -0.39 is 6.04 Å². The molecule has 1 fully saturated rings. The molecule has 1 saturated carbocycles. The van der Waals surface area contributed by atoms with Crippen LogP contribution in [0.4, 0.5) is 0 Å². The predicted octanol–water partition coefficient (Wildman–Crippen LogP) is 4.41. The van der Waals surface area contributed by atoms with Gasteiger partial charge in [-0.15, -0.1) is 5.10 Å². The van der Waals surface area contributed by atoms with Crippen LogP contribution >= 0.6 is 0 Å². The minimum atomic E-state index is -0.668. The number of para-hydroxylation sites is 1. The van der Waals surface area contributed by atoms with Crippen LogP contribution in [0, 0.1) is 12.8 Å². The van der Waals surface area contributed by atoms with E-state index in [9.17, 15) is 9.59 Å². The van der Waals surface area contributed by atoms with Gasteiger partial charge in [0.25, 0.3) is 0 Å². The Balaban J connectivity index is 1.67. The highest BCUT2D eigenvalue weighted by molar-refractivity contribution is 5.89. The number of fused-ring (bicyclic) bond motifs is 1. The maximum absolute atomic E-state index is 13.9. The highest BCUT2D eigenvalue weighted by atomic mass is 16.2. The topological polar surface area (TPSA) is 80.1 Å². The lowest BCUT2D eigenvalue weighted by molar-refractivity contribution is -0.144. The first-order valence-corrected chi connectivity index (χ1v) is 12.4. The van der Waals surface area contributed by atoms with Crippen molar-refractivity contribution in [3.05, 3.63) is 59.7 Å². The molecule has 180 valence electrons. The lowest BCUT2D eigenvalue weighted by Crippen LogP contribution is -2.49. The van der Waals surface area contributed by atoms with E-state index >= 15 is 0 Å². The maximum atomic E-state index is 13.9. The Bertz CT molecular complexity index is 1120. The third-order valence-corrected chi connectivity index (χ3v) is 6.65. The summed E-state index contributed by atoms with van der Waals surface area (Å²) >= 11 is 0. The zero-order valence-corrected chi connectivity index (χ0v) is 20.4. The van der Waals surface area contributed by atoms with E-state index in [4.69, 9.17) is 0 Å². The highest BCUT2D eigenvalue weighted by Gasteiger charge is 2.37. The Morgan fingerprint density at radius 1 is 1.09 bits per heavy atom. The first-order chi connectivity index (χ1) is 16.4. The average Bonchev–Trinajstić information content (AvgIpc) is 3.48. The zero-order chi connectivity index (χ0) is 24.1. The normalized spacial score (nSPS) is 15.1. The molecule has 1 aromatic heterocycles. The monoisotopic (exact) mass is 461 g/mol. The highest BCUT2D eigenvalue weighted by Crippen LogP contribution is 2.32. The van der Waals surface area contributed by atoms with Crippen LogP contribution in [0.2, 0.25) is 0 Å². The van der Waals surface area contributed by atoms with E-state index in [1.165, 1.54) is 0 Å². The van der Waals surface area contributed by atoms with Gasteiger partial charge in [0.2, 0.25) is 11.8 Å². The fourth-order valence-electron chi connectivity index (χ4n) is 4.75. The van der Waals surface area contributed by atoms with Crippen molar-refractivity contribution in [1.29, 1.82) is 0 Å². The smallest absolute Gasteiger partial charge is 0.247 e. The van der Waals surface area contributed by atoms with E-state index in [2.05, 4.69) is 29.5 Å². The summed E-state index contributed by atoms with van der Waals surface area (Å²) in [6.45, 7) is 6.95. The number of carbonyl (C=O) groups excluding carboxylic acids is 2. The first kappa shape index (κ1) is 23.9. The van der Waals surface area contributed by atoms with Crippen molar-refractivity contribution < 1.29 is 9.59 Å². The molecule has 1 atom stereocenters. The van der Waals surface area contributed by atoms with E-state index in [0.717, 1.165) is 54.3 Å². The van der Waals surface area contributed by atoms with E-state index in [1.807, 2.05) is 60.4 Å². The quantitative estimate of drug-likeness (QED) is 0.512. The molecule has 7 heteroatoms. The molecule has 1 N–H and O–H groups in total. The number of benzene rings is 2. The van der Waals surface area contributed by atoms with Gasteiger partial charge in [-0.3, -0.25) is 9.59 Å². The molecule has 2 aromatic carbocycles. The van der Waals surface area contributed by atoms with Crippen molar-refractivity contribution in [2.24, 2.45) is 5.92 Å². The third-order valence-electron chi connectivity index (χ3n) is 6.65. The molecule has 7 nitrogen and oxygen atoms in total. The van der Waals surface area contributed by atoms with Crippen molar-refractivity contribution >= 4 is 22.8 Å². The predicted molar refractivity (Wildman–Crippen MR) is 133 cm³/mol. The molecule has 34 heavy (non-hydrogen) atoms. The molecule has 0 spiro atoms. The molecule has 2 amide bonds. The Hall–Kier alpha value is -3.22. The molecule has 0 aliphatic heterocycles. The Labute approximate surface area is 201 Å². The number of carbonyl (C=O) groups is 2. The number of rotatable bonds is 9. The van der Waals surface area contributed by atoms with Crippen molar-refractivity contribution in [2.75, 3.05) is 6.54 Å². The minimum Gasteiger partial charge on any atom is -0.354 e. The lowest BCUT2D eigenvalue weighted by atomic mass is 9.99. The summed E-state index contributed by atoms with van der Waals surface area (Å²) < 4.78 is 1.64. The molecule has 1 aliphatic rings. The summed E-state index contributed by atoms with van der Waals surface area (Å²) in [6.07, 6.45) is 4.85. The van der Waals surface area contributed by atoms with Crippen molar-refractivity contribution in [3.8, 4) is 0 Å². The summed E-state index contributed by atoms with van der Waals surface area (Å²) in [5.41, 5.74) is 3.53. The second kappa shape index (κ2) is 10.8. The van der Waals surface area contributed by atoms with Crippen molar-refractivity contribution in [1.82, 2.24) is 25.2 Å². The van der Waals surface area contributed by atoms with Crippen molar-refractivity contribution in [2.45, 2.75) is 71.5 Å². The summed E-state index contributed by atoms with van der Waals surface area (Å²) in [6, 6.07) is 14.9. The van der Waals surface area contributed by atoms with Gasteiger partial charge in [0.05, 0.1) is 5.52 Å². The fraction of sp³-hybridized carbons (Fsp3) is 0.481. The molecule has 0 unspecified atom stereocenters. The molecule has 4 rings (SSSR count). The van der Waals surface area contributed by atoms with Gasteiger partial charge in [-0.1, -0.05) is 73.9 Å². The summed E-state index contributed by atoms with van der Waals surface area (Å²) in [5, 5.41) is 11.5. The van der Waals surface area contributed by atoms with Crippen LogP contribution < -0.4 is 5.32 Å². The van der Waals surface area contributed by atoms with Crippen LogP contribution in [0.1, 0.15) is 63.1 Å². The second-order valence-electron chi connectivity index (χ2n) is 9.76. The summed E-state index contributed by atoms with van der Waals surface area (Å²) in [7, 11) is 0. The van der Waals surface area contributed by atoms with E-state index in [-0.39, 0.29) is 24.4 Å². The number of hydrogen-bond donors (Lipinski definition) is 1. The minimum absolute atomic E-state index is 0.0319. The van der Waals surface area contributed by atoms with Gasteiger partial charge >= 0.3 is 0 Å². The summed E-state index contributed by atoms with van der Waals surface area (Å²) in [4.78, 5) is 29.3. The Morgan fingerprint density at radius 2 is 1.79 bits per heavy atom.